The molecule has 3 amide bonds. The van der Waals surface area contributed by atoms with Gasteiger partial charge in [-0.2, -0.15) is 0 Å². The summed E-state index contributed by atoms with van der Waals surface area (Å²) >= 11 is 1.75. The lowest BCUT2D eigenvalue weighted by Gasteiger charge is -2.38. The zero-order valence-corrected chi connectivity index (χ0v) is 19.1. The van der Waals surface area contributed by atoms with Crippen molar-refractivity contribution in [3.8, 4) is 0 Å². The molecule has 0 radical (unpaired) electrons. The van der Waals surface area contributed by atoms with E-state index in [1.165, 1.54) is 20.9 Å². The summed E-state index contributed by atoms with van der Waals surface area (Å²) in [6.07, 6.45) is 1.55. The largest absolute Gasteiger partial charge is 0.385 e. The monoisotopic (exact) mass is 429 g/mol. The van der Waals surface area contributed by atoms with Crippen LogP contribution in [0.15, 0.2) is 35.7 Å². The molecule has 1 aromatic carbocycles. The summed E-state index contributed by atoms with van der Waals surface area (Å²) < 4.78 is 5.12. The highest BCUT2D eigenvalue weighted by atomic mass is 32.1. The lowest BCUT2D eigenvalue weighted by atomic mass is 9.92. The summed E-state index contributed by atoms with van der Waals surface area (Å²) in [6, 6.07) is 10.3. The maximum Gasteiger partial charge on any atom is 0.319 e. The quantitative estimate of drug-likeness (QED) is 0.633. The fourth-order valence-corrected chi connectivity index (χ4v) is 4.78. The third kappa shape index (κ3) is 5.02. The van der Waals surface area contributed by atoms with Gasteiger partial charge >= 0.3 is 6.03 Å². The van der Waals surface area contributed by atoms with Crippen molar-refractivity contribution < 1.29 is 14.3 Å². The van der Waals surface area contributed by atoms with Crippen molar-refractivity contribution in [2.45, 2.75) is 25.8 Å². The van der Waals surface area contributed by atoms with Crippen LogP contribution in [0.5, 0.6) is 0 Å². The molecular formula is C23H31N3O3S. The average Bonchev–Trinajstić information content (AvgIpc) is 3.21. The normalized spacial score (nSPS) is 15.6. The molecule has 0 saturated heterocycles. The van der Waals surface area contributed by atoms with Crippen LogP contribution in [0.3, 0.4) is 0 Å². The molecule has 3 rings (SSSR count). The van der Waals surface area contributed by atoms with E-state index in [1.807, 2.05) is 4.90 Å². The molecule has 6 nitrogen and oxygen atoms in total. The first kappa shape index (κ1) is 22.3. The van der Waals surface area contributed by atoms with Crippen molar-refractivity contribution in [3.63, 3.8) is 0 Å². The highest BCUT2D eigenvalue weighted by molar-refractivity contribution is 7.10. The van der Waals surface area contributed by atoms with Gasteiger partial charge in [-0.15, -0.1) is 11.3 Å². The van der Waals surface area contributed by atoms with E-state index in [4.69, 9.17) is 4.74 Å². The molecule has 162 valence electrons. The Morgan fingerprint density at radius 2 is 1.93 bits per heavy atom. The van der Waals surface area contributed by atoms with E-state index in [0.717, 1.165) is 12.0 Å². The van der Waals surface area contributed by atoms with Crippen molar-refractivity contribution in [1.29, 1.82) is 0 Å². The lowest BCUT2D eigenvalue weighted by molar-refractivity contribution is -0.134. The number of fused-ring (bicyclic) bond motifs is 1. The standard InChI is InChI=1S/C23H31N3O3S/c1-17-6-8-18(9-7-17)22-19-11-15-30-20(19)10-13-26(22)21(27)16-25(12-5-14-29-4)23(28)24(2)3/h6-9,11,15,22H,5,10,12-14,16H2,1-4H3/t22-/m1/s1. The number of carbonyl (C=O) groups is 2. The van der Waals surface area contributed by atoms with Crippen LogP contribution in [0, 0.1) is 6.92 Å². The lowest BCUT2D eigenvalue weighted by Crippen LogP contribution is -2.49. The Bertz CT molecular complexity index is 863. The maximum atomic E-state index is 13.4. The van der Waals surface area contributed by atoms with Crippen LogP contribution < -0.4 is 0 Å². The summed E-state index contributed by atoms with van der Waals surface area (Å²) in [7, 11) is 5.06. The Morgan fingerprint density at radius 1 is 1.20 bits per heavy atom. The summed E-state index contributed by atoms with van der Waals surface area (Å²) in [4.78, 5) is 32.5. The average molecular weight is 430 g/mol. The molecule has 1 aliphatic heterocycles. The molecule has 1 atom stereocenters. The van der Waals surface area contributed by atoms with Gasteiger partial charge in [0.2, 0.25) is 5.91 Å². The van der Waals surface area contributed by atoms with E-state index in [9.17, 15) is 9.59 Å². The molecule has 1 aliphatic rings. The molecule has 0 N–H and O–H groups in total. The molecule has 0 fully saturated rings. The smallest absolute Gasteiger partial charge is 0.319 e. The minimum atomic E-state index is -0.153. The first-order chi connectivity index (χ1) is 14.4. The first-order valence-corrected chi connectivity index (χ1v) is 11.2. The molecular weight excluding hydrogens is 398 g/mol. The van der Waals surface area contributed by atoms with E-state index >= 15 is 0 Å². The van der Waals surface area contributed by atoms with Gasteiger partial charge in [-0.3, -0.25) is 4.79 Å². The number of carbonyl (C=O) groups excluding carboxylic acids is 2. The molecule has 0 aliphatic carbocycles. The minimum Gasteiger partial charge on any atom is -0.385 e. The Balaban J connectivity index is 1.84. The minimum absolute atomic E-state index is 0.0231. The third-order valence-corrected chi connectivity index (χ3v) is 6.43. The molecule has 0 unspecified atom stereocenters. The van der Waals surface area contributed by atoms with Gasteiger partial charge in [0.05, 0.1) is 6.04 Å². The van der Waals surface area contributed by atoms with Crippen molar-refractivity contribution in [2.75, 3.05) is 47.4 Å². The van der Waals surface area contributed by atoms with E-state index in [1.54, 1.807) is 37.4 Å². The van der Waals surface area contributed by atoms with Crippen LogP contribution in [-0.4, -0.2) is 74.1 Å². The van der Waals surface area contributed by atoms with E-state index in [2.05, 4.69) is 42.6 Å². The summed E-state index contributed by atoms with van der Waals surface area (Å²) in [5.41, 5.74) is 3.50. The maximum absolute atomic E-state index is 13.4. The molecule has 1 aromatic heterocycles. The predicted octanol–water partition coefficient (Wildman–Crippen LogP) is 3.55. The van der Waals surface area contributed by atoms with Crippen LogP contribution in [0.25, 0.3) is 0 Å². The number of hydrogen-bond acceptors (Lipinski definition) is 4. The van der Waals surface area contributed by atoms with Crippen molar-refractivity contribution in [1.82, 2.24) is 14.7 Å². The Hall–Kier alpha value is -2.38. The SMILES string of the molecule is COCCCN(CC(=O)N1CCc2sccc2[C@H]1c1ccc(C)cc1)C(=O)N(C)C. The zero-order chi connectivity index (χ0) is 21.7. The van der Waals surface area contributed by atoms with Gasteiger partial charge < -0.3 is 19.4 Å². The molecule has 0 spiro atoms. The van der Waals surface area contributed by atoms with Crippen molar-refractivity contribution in [3.05, 3.63) is 57.3 Å². The van der Waals surface area contributed by atoms with Crippen LogP contribution in [0.2, 0.25) is 0 Å². The summed E-state index contributed by atoms with van der Waals surface area (Å²) in [6.45, 7) is 3.84. The number of urea groups is 1. The number of methoxy groups -OCH3 is 1. The molecule has 7 heteroatoms. The molecule has 2 aromatic rings. The van der Waals surface area contributed by atoms with Crippen molar-refractivity contribution >= 4 is 23.3 Å². The Kier molecular flexibility index (Phi) is 7.50. The fraction of sp³-hybridized carbons (Fsp3) is 0.478. The Labute approximate surface area is 183 Å². The second kappa shape index (κ2) is 10.1. The topological polar surface area (TPSA) is 53.1 Å². The summed E-state index contributed by atoms with van der Waals surface area (Å²) in [5.74, 6) is -0.0231. The number of nitrogens with zero attached hydrogens (tertiary/aromatic N) is 3. The molecule has 2 heterocycles. The number of rotatable bonds is 7. The van der Waals surface area contributed by atoms with Crippen LogP contribution in [0.1, 0.15) is 34.0 Å². The number of aryl methyl sites for hydroxylation is 1. The first-order valence-electron chi connectivity index (χ1n) is 10.3. The van der Waals surface area contributed by atoms with Crippen LogP contribution >= 0.6 is 11.3 Å². The van der Waals surface area contributed by atoms with Gasteiger partial charge in [-0.1, -0.05) is 29.8 Å². The van der Waals surface area contributed by atoms with Gasteiger partial charge in [-0.25, -0.2) is 4.79 Å². The predicted molar refractivity (Wildman–Crippen MR) is 120 cm³/mol. The number of amides is 3. The molecule has 0 saturated carbocycles. The second-order valence-corrected chi connectivity index (χ2v) is 8.90. The van der Waals surface area contributed by atoms with Crippen LogP contribution in [-0.2, 0) is 16.0 Å². The highest BCUT2D eigenvalue weighted by Crippen LogP contribution is 2.37. The Morgan fingerprint density at radius 3 is 2.60 bits per heavy atom. The number of thiophene rings is 1. The molecule has 30 heavy (non-hydrogen) atoms. The van der Waals surface area contributed by atoms with Gasteiger partial charge in [0, 0.05) is 45.8 Å². The highest BCUT2D eigenvalue weighted by Gasteiger charge is 2.34. The second-order valence-electron chi connectivity index (χ2n) is 7.89. The van der Waals surface area contributed by atoms with Gasteiger partial charge in [0.25, 0.3) is 0 Å². The number of benzene rings is 1. The van der Waals surface area contributed by atoms with Gasteiger partial charge in [0.1, 0.15) is 6.54 Å². The fourth-order valence-electron chi connectivity index (χ4n) is 3.87. The molecule has 0 bridgehead atoms. The number of ether oxygens (including phenoxy) is 1. The third-order valence-electron chi connectivity index (χ3n) is 5.44. The zero-order valence-electron chi connectivity index (χ0n) is 18.3. The van der Waals surface area contributed by atoms with E-state index in [0.29, 0.717) is 26.1 Å². The van der Waals surface area contributed by atoms with Gasteiger partial charge in [0.15, 0.2) is 0 Å². The number of hydrogen-bond donors (Lipinski definition) is 0. The van der Waals surface area contributed by atoms with E-state index < -0.39 is 0 Å². The van der Waals surface area contributed by atoms with Crippen LogP contribution in [0.4, 0.5) is 4.79 Å². The van der Waals surface area contributed by atoms with E-state index in [-0.39, 0.29) is 24.5 Å². The van der Waals surface area contributed by atoms with Gasteiger partial charge in [-0.05, 0) is 42.3 Å². The summed E-state index contributed by atoms with van der Waals surface area (Å²) in [5, 5.41) is 2.10. The van der Waals surface area contributed by atoms with Crippen molar-refractivity contribution in [2.24, 2.45) is 0 Å².